The predicted molar refractivity (Wildman–Crippen MR) is 90.3 cm³/mol. The molecule has 1 N–H and O–H groups in total. The molecular weight excluding hydrogens is 310 g/mol. The number of amides is 1. The molecule has 0 unspecified atom stereocenters. The van der Waals surface area contributed by atoms with Crippen LogP contribution in [0, 0.1) is 5.92 Å². The molecule has 3 heterocycles. The molecule has 2 aromatic rings. The fraction of sp³-hybridized carbons (Fsp3) is 0.562. The number of hydrogen-bond acceptors (Lipinski definition) is 5. The van der Waals surface area contributed by atoms with Gasteiger partial charge in [-0.25, -0.2) is 4.98 Å². The van der Waals surface area contributed by atoms with E-state index in [-0.39, 0.29) is 17.7 Å². The lowest BCUT2D eigenvalue weighted by molar-refractivity contribution is -0.134. The number of carbonyl (C=O) groups excluding carboxylic acids is 1. The molecule has 6 nitrogen and oxygen atoms in total. The Morgan fingerprint density at radius 1 is 1.48 bits per heavy atom. The predicted octanol–water partition coefficient (Wildman–Crippen LogP) is 1.40. The van der Waals surface area contributed by atoms with Crippen molar-refractivity contribution in [2.24, 2.45) is 13.0 Å². The van der Waals surface area contributed by atoms with E-state index in [1.54, 1.807) is 20.9 Å². The lowest BCUT2D eigenvalue weighted by Gasteiger charge is -2.23. The lowest BCUT2D eigenvalue weighted by atomic mass is 9.90. The molecule has 7 heteroatoms. The molecule has 1 aliphatic rings. The Morgan fingerprint density at radius 2 is 2.30 bits per heavy atom. The number of rotatable bonds is 5. The summed E-state index contributed by atoms with van der Waals surface area (Å²) in [6.45, 7) is 4.25. The lowest BCUT2D eigenvalue weighted by Crippen LogP contribution is -2.35. The van der Waals surface area contributed by atoms with E-state index in [0.29, 0.717) is 6.54 Å². The minimum Gasteiger partial charge on any atom is -0.339 e. The van der Waals surface area contributed by atoms with Crippen molar-refractivity contribution in [2.75, 3.05) is 20.1 Å². The summed E-state index contributed by atoms with van der Waals surface area (Å²) in [6, 6.07) is 0. The van der Waals surface area contributed by atoms with Crippen LogP contribution < -0.4 is 5.32 Å². The second-order valence-electron chi connectivity index (χ2n) is 6.09. The largest absolute Gasteiger partial charge is 0.339 e. The van der Waals surface area contributed by atoms with E-state index >= 15 is 0 Å². The highest BCUT2D eigenvalue weighted by Crippen LogP contribution is 2.29. The van der Waals surface area contributed by atoms with E-state index in [1.165, 1.54) is 4.88 Å². The Morgan fingerprint density at radius 3 is 2.96 bits per heavy atom. The Hall–Kier alpha value is -1.73. The van der Waals surface area contributed by atoms with Gasteiger partial charge in [0.25, 0.3) is 0 Å². The molecule has 0 aliphatic carbocycles. The van der Waals surface area contributed by atoms with E-state index in [2.05, 4.69) is 22.3 Å². The topological polar surface area (TPSA) is 63.1 Å². The van der Waals surface area contributed by atoms with Gasteiger partial charge in [-0.1, -0.05) is 6.92 Å². The minimum absolute atomic E-state index is 0.0326. The molecule has 124 valence electrons. The highest BCUT2D eigenvalue weighted by molar-refractivity contribution is 7.11. The summed E-state index contributed by atoms with van der Waals surface area (Å²) < 4.78 is 1.79. The van der Waals surface area contributed by atoms with Gasteiger partial charge in [0.2, 0.25) is 5.91 Å². The molecule has 0 aromatic carbocycles. The minimum atomic E-state index is -0.0326. The third kappa shape index (κ3) is 3.45. The van der Waals surface area contributed by atoms with Crippen LogP contribution >= 0.6 is 11.3 Å². The molecule has 3 rings (SSSR count). The smallest absolute Gasteiger partial charge is 0.227 e. The first-order chi connectivity index (χ1) is 11.1. The summed E-state index contributed by atoms with van der Waals surface area (Å²) in [5.74, 6) is 0.341. The Bertz CT molecular complexity index is 680. The van der Waals surface area contributed by atoms with Gasteiger partial charge in [0.15, 0.2) is 0 Å². The Labute approximate surface area is 140 Å². The van der Waals surface area contributed by atoms with Gasteiger partial charge in [0.05, 0.1) is 18.7 Å². The summed E-state index contributed by atoms with van der Waals surface area (Å²) in [5, 5.41) is 8.58. The number of nitrogens with zero attached hydrogens (tertiary/aromatic N) is 4. The first-order valence-electron chi connectivity index (χ1n) is 7.96. The van der Waals surface area contributed by atoms with Crippen LogP contribution in [0.1, 0.15) is 28.3 Å². The molecule has 1 aliphatic heterocycles. The van der Waals surface area contributed by atoms with E-state index in [9.17, 15) is 4.79 Å². The van der Waals surface area contributed by atoms with Gasteiger partial charge >= 0.3 is 0 Å². The van der Waals surface area contributed by atoms with Crippen LogP contribution in [-0.2, 0) is 24.8 Å². The second-order valence-corrected chi connectivity index (χ2v) is 7.29. The first-order valence-corrected chi connectivity index (χ1v) is 8.78. The van der Waals surface area contributed by atoms with Gasteiger partial charge in [-0.3, -0.25) is 9.48 Å². The number of nitrogens with one attached hydrogen (secondary N) is 1. The van der Waals surface area contributed by atoms with Crippen LogP contribution in [0.3, 0.4) is 0 Å². The summed E-state index contributed by atoms with van der Waals surface area (Å²) in [5.41, 5.74) is 1.13. The number of aromatic nitrogens is 3. The molecule has 0 radical (unpaired) electrons. The summed E-state index contributed by atoms with van der Waals surface area (Å²) in [7, 11) is 3.77. The molecule has 2 aromatic heterocycles. The maximum absolute atomic E-state index is 12.9. The third-order valence-electron chi connectivity index (χ3n) is 4.38. The number of thiazole rings is 1. The normalized spacial score (nSPS) is 20.8. The standard InChI is InChI=1S/C16H23N5OS/c1-4-12-6-18-15(23-12)10-20(2)16(22)14-8-17-7-13(14)11-5-19-21(3)9-11/h5-6,9,13-14,17H,4,7-8,10H2,1-3H3/t13-,14+/m1/s1. The van der Waals surface area contributed by atoms with Crippen LogP contribution in [0.25, 0.3) is 0 Å². The molecule has 0 saturated carbocycles. The maximum Gasteiger partial charge on any atom is 0.227 e. The quantitative estimate of drug-likeness (QED) is 0.898. The monoisotopic (exact) mass is 333 g/mol. The summed E-state index contributed by atoms with van der Waals surface area (Å²) >= 11 is 1.69. The van der Waals surface area contributed by atoms with Gasteiger partial charge < -0.3 is 10.2 Å². The molecule has 0 bridgehead atoms. The van der Waals surface area contributed by atoms with Crippen LogP contribution in [0.4, 0.5) is 0 Å². The van der Waals surface area contributed by atoms with Gasteiger partial charge in [0.1, 0.15) is 5.01 Å². The fourth-order valence-electron chi connectivity index (χ4n) is 3.07. The Balaban J connectivity index is 1.68. The highest BCUT2D eigenvalue weighted by Gasteiger charge is 2.36. The molecule has 23 heavy (non-hydrogen) atoms. The van der Waals surface area contributed by atoms with Crippen LogP contribution in [-0.4, -0.2) is 45.7 Å². The van der Waals surface area contributed by atoms with E-state index in [4.69, 9.17) is 0 Å². The number of carbonyl (C=O) groups is 1. The summed E-state index contributed by atoms with van der Waals surface area (Å²) in [4.78, 5) is 20.3. The van der Waals surface area contributed by atoms with Crippen LogP contribution in [0.15, 0.2) is 18.6 Å². The van der Waals surface area contributed by atoms with Gasteiger partial charge in [0, 0.05) is 50.4 Å². The van der Waals surface area contributed by atoms with Crippen LogP contribution in [0.5, 0.6) is 0 Å². The van der Waals surface area contributed by atoms with E-state index in [1.807, 2.05) is 32.7 Å². The molecule has 1 amide bonds. The SMILES string of the molecule is CCc1cnc(CN(C)C(=O)[C@H]2CNC[C@@H]2c2cnn(C)c2)s1. The molecule has 2 atom stereocenters. The fourth-order valence-corrected chi connectivity index (χ4v) is 3.98. The molecule has 1 fully saturated rings. The van der Waals surface area contributed by atoms with Gasteiger partial charge in [-0.05, 0) is 12.0 Å². The van der Waals surface area contributed by atoms with Crippen molar-refractivity contribution in [3.63, 3.8) is 0 Å². The highest BCUT2D eigenvalue weighted by atomic mass is 32.1. The zero-order valence-electron chi connectivity index (χ0n) is 13.8. The van der Waals surface area contributed by atoms with Crippen molar-refractivity contribution in [1.29, 1.82) is 0 Å². The third-order valence-corrected chi connectivity index (χ3v) is 5.51. The van der Waals surface area contributed by atoms with E-state index < -0.39 is 0 Å². The van der Waals surface area contributed by atoms with E-state index in [0.717, 1.165) is 30.1 Å². The van der Waals surface area contributed by atoms with Crippen molar-refractivity contribution < 1.29 is 4.79 Å². The molecule has 1 saturated heterocycles. The second kappa shape index (κ2) is 6.80. The van der Waals surface area contributed by atoms with Crippen molar-refractivity contribution in [2.45, 2.75) is 25.8 Å². The van der Waals surface area contributed by atoms with Gasteiger partial charge in [-0.2, -0.15) is 5.10 Å². The maximum atomic E-state index is 12.9. The molecular formula is C16H23N5OS. The van der Waals surface area contributed by atoms with Crippen molar-refractivity contribution in [3.8, 4) is 0 Å². The average molecular weight is 333 g/mol. The van der Waals surface area contributed by atoms with Gasteiger partial charge in [-0.15, -0.1) is 11.3 Å². The first kappa shape index (κ1) is 16.1. The number of aryl methyl sites for hydroxylation is 2. The van der Waals surface area contributed by atoms with Crippen molar-refractivity contribution in [1.82, 2.24) is 25.0 Å². The average Bonchev–Trinajstić information content (AvgIpc) is 3.25. The van der Waals surface area contributed by atoms with Crippen molar-refractivity contribution >= 4 is 17.2 Å². The molecule has 0 spiro atoms. The summed E-state index contributed by atoms with van der Waals surface area (Å²) in [6.07, 6.45) is 6.78. The zero-order valence-corrected chi connectivity index (χ0v) is 14.6. The van der Waals surface area contributed by atoms with Crippen LogP contribution in [0.2, 0.25) is 0 Å². The number of hydrogen-bond donors (Lipinski definition) is 1. The Kier molecular flexibility index (Phi) is 4.77. The zero-order chi connectivity index (χ0) is 16.4. The van der Waals surface area contributed by atoms with Crippen molar-refractivity contribution in [3.05, 3.63) is 34.0 Å².